The van der Waals surface area contributed by atoms with Crippen molar-refractivity contribution in [3.8, 4) is 0 Å². The van der Waals surface area contributed by atoms with Crippen molar-refractivity contribution in [2.24, 2.45) is 5.73 Å². The highest BCUT2D eigenvalue weighted by Gasteiger charge is 2.24. The Morgan fingerprint density at radius 1 is 1.24 bits per heavy atom. The molecule has 0 spiro atoms. The fraction of sp³-hybridized carbons (Fsp3) is 0.200. The number of anilines is 3. The van der Waals surface area contributed by atoms with Gasteiger partial charge in [-0.1, -0.05) is 23.7 Å². The lowest BCUT2D eigenvalue weighted by atomic mass is 10.1. The van der Waals surface area contributed by atoms with Crippen LogP contribution in [0.4, 0.5) is 17.2 Å². The van der Waals surface area contributed by atoms with Crippen molar-refractivity contribution < 1.29 is 0 Å². The third kappa shape index (κ3) is 2.29. The van der Waals surface area contributed by atoms with Crippen LogP contribution in [0, 0.1) is 5.41 Å². The highest BCUT2D eigenvalue weighted by Crippen LogP contribution is 2.39. The molecule has 3 rings (SSSR count). The fourth-order valence-corrected chi connectivity index (χ4v) is 2.87. The van der Waals surface area contributed by atoms with Crippen molar-refractivity contribution in [1.29, 1.82) is 5.41 Å². The minimum Gasteiger partial charge on any atom is -0.384 e. The fourth-order valence-electron chi connectivity index (χ4n) is 2.55. The molecule has 0 unspecified atom stereocenters. The summed E-state index contributed by atoms with van der Waals surface area (Å²) in [6, 6.07) is 9.79. The number of nitrogens with two attached hydrogens (primary N) is 1. The standard InChI is InChI=1S/C15H16ClN5/c1-20-8-9-21(12-5-3-2-4-11(12)20)15-13(16)10(14(17)18)6-7-19-15/h2-7H,8-9H2,1H3,(H3,17,18). The van der Waals surface area contributed by atoms with Crippen LogP contribution < -0.4 is 15.5 Å². The number of halogens is 1. The van der Waals surface area contributed by atoms with Crippen molar-refractivity contribution >= 4 is 34.6 Å². The second-order valence-corrected chi connectivity index (χ2v) is 5.35. The molecule has 0 saturated heterocycles. The highest BCUT2D eigenvalue weighted by molar-refractivity contribution is 6.36. The van der Waals surface area contributed by atoms with Gasteiger partial charge in [0.25, 0.3) is 0 Å². The average molecular weight is 302 g/mol. The largest absolute Gasteiger partial charge is 0.384 e. The van der Waals surface area contributed by atoms with Gasteiger partial charge in [0.2, 0.25) is 0 Å². The number of hydrogen-bond donors (Lipinski definition) is 2. The zero-order valence-electron chi connectivity index (χ0n) is 11.7. The van der Waals surface area contributed by atoms with Gasteiger partial charge >= 0.3 is 0 Å². The summed E-state index contributed by atoms with van der Waals surface area (Å²) in [7, 11) is 2.07. The van der Waals surface area contributed by atoms with E-state index in [1.54, 1.807) is 12.3 Å². The molecule has 1 aromatic heterocycles. The summed E-state index contributed by atoms with van der Waals surface area (Å²) >= 11 is 6.40. The third-order valence-electron chi connectivity index (χ3n) is 3.66. The first-order chi connectivity index (χ1) is 10.1. The molecule has 0 amide bonds. The molecule has 1 aromatic carbocycles. The summed E-state index contributed by atoms with van der Waals surface area (Å²) < 4.78 is 0. The Bertz CT molecular complexity index is 700. The van der Waals surface area contributed by atoms with Crippen molar-refractivity contribution in [2.45, 2.75) is 0 Å². The number of nitrogens with one attached hydrogen (secondary N) is 1. The molecule has 0 atom stereocenters. The SMILES string of the molecule is CN1CCN(c2nccc(C(=N)N)c2Cl)c2ccccc21. The van der Waals surface area contributed by atoms with Gasteiger partial charge in [-0.25, -0.2) is 4.98 Å². The van der Waals surface area contributed by atoms with E-state index >= 15 is 0 Å². The maximum atomic E-state index is 7.60. The average Bonchev–Trinajstić information content (AvgIpc) is 2.48. The maximum Gasteiger partial charge on any atom is 0.152 e. The van der Waals surface area contributed by atoms with Crippen LogP contribution in [0.3, 0.4) is 0 Å². The first kappa shape index (κ1) is 13.7. The number of hydrogen-bond acceptors (Lipinski definition) is 4. The molecule has 108 valence electrons. The summed E-state index contributed by atoms with van der Waals surface area (Å²) in [6.07, 6.45) is 1.64. The van der Waals surface area contributed by atoms with Gasteiger partial charge in [-0.3, -0.25) is 5.41 Å². The summed E-state index contributed by atoms with van der Waals surface area (Å²) in [4.78, 5) is 8.67. The second kappa shape index (κ2) is 5.26. The van der Waals surface area contributed by atoms with Gasteiger partial charge in [-0.05, 0) is 18.2 Å². The van der Waals surface area contributed by atoms with E-state index in [0.29, 0.717) is 16.4 Å². The number of aromatic nitrogens is 1. The van der Waals surface area contributed by atoms with Gasteiger partial charge in [-0.2, -0.15) is 0 Å². The van der Waals surface area contributed by atoms with Crippen molar-refractivity contribution in [3.05, 3.63) is 47.1 Å². The molecule has 0 bridgehead atoms. The van der Waals surface area contributed by atoms with E-state index in [0.717, 1.165) is 24.5 Å². The summed E-state index contributed by atoms with van der Waals surface area (Å²) in [5, 5.41) is 8.02. The number of rotatable bonds is 2. The second-order valence-electron chi connectivity index (χ2n) is 4.97. The Labute approximate surface area is 128 Å². The van der Waals surface area contributed by atoms with Crippen LogP contribution in [0.15, 0.2) is 36.5 Å². The number of para-hydroxylation sites is 2. The lowest BCUT2D eigenvalue weighted by Crippen LogP contribution is -2.37. The Hall–Kier alpha value is -2.27. The van der Waals surface area contributed by atoms with Gasteiger partial charge < -0.3 is 15.5 Å². The van der Waals surface area contributed by atoms with Gasteiger partial charge in [0.15, 0.2) is 5.82 Å². The summed E-state index contributed by atoms with van der Waals surface area (Å²) in [6.45, 7) is 1.65. The molecule has 2 heterocycles. The summed E-state index contributed by atoms with van der Waals surface area (Å²) in [5.74, 6) is 0.593. The molecule has 1 aliphatic heterocycles. The first-order valence-corrected chi connectivity index (χ1v) is 7.04. The molecule has 6 heteroatoms. The Morgan fingerprint density at radius 2 is 1.95 bits per heavy atom. The highest BCUT2D eigenvalue weighted by atomic mass is 35.5. The van der Waals surface area contributed by atoms with E-state index in [2.05, 4.69) is 27.9 Å². The summed E-state index contributed by atoms with van der Waals surface area (Å²) in [5.41, 5.74) is 8.28. The zero-order valence-corrected chi connectivity index (χ0v) is 12.4. The number of amidine groups is 1. The van der Waals surface area contributed by atoms with Crippen molar-refractivity contribution in [2.75, 3.05) is 29.9 Å². The van der Waals surface area contributed by atoms with E-state index in [4.69, 9.17) is 22.7 Å². The monoisotopic (exact) mass is 301 g/mol. The maximum absolute atomic E-state index is 7.60. The van der Waals surface area contributed by atoms with E-state index in [1.807, 2.05) is 18.2 Å². The molecular formula is C15H16ClN5. The molecule has 21 heavy (non-hydrogen) atoms. The Kier molecular flexibility index (Phi) is 3.43. The van der Waals surface area contributed by atoms with E-state index in [9.17, 15) is 0 Å². The lowest BCUT2D eigenvalue weighted by molar-refractivity contribution is 0.813. The van der Waals surface area contributed by atoms with Crippen molar-refractivity contribution in [1.82, 2.24) is 4.98 Å². The van der Waals surface area contributed by atoms with Crippen LogP contribution in [0.25, 0.3) is 0 Å². The number of pyridine rings is 1. The Balaban J connectivity index is 2.12. The van der Waals surface area contributed by atoms with Crippen LogP contribution in [0.5, 0.6) is 0 Å². The smallest absolute Gasteiger partial charge is 0.152 e. The van der Waals surface area contributed by atoms with E-state index in [-0.39, 0.29) is 5.84 Å². The normalized spacial score (nSPS) is 14.0. The number of likely N-dealkylation sites (N-methyl/N-ethyl adjacent to an activating group) is 1. The zero-order chi connectivity index (χ0) is 15.0. The van der Waals surface area contributed by atoms with Crippen molar-refractivity contribution in [3.63, 3.8) is 0 Å². The van der Waals surface area contributed by atoms with E-state index in [1.165, 1.54) is 0 Å². The predicted octanol–water partition coefficient (Wildman–Crippen LogP) is 2.61. The van der Waals surface area contributed by atoms with E-state index < -0.39 is 0 Å². The minimum absolute atomic E-state index is 0.0499. The van der Waals surface area contributed by atoms with Gasteiger partial charge in [0.1, 0.15) is 5.84 Å². The topological polar surface area (TPSA) is 69.2 Å². The number of fused-ring (bicyclic) bond motifs is 1. The molecule has 0 radical (unpaired) electrons. The van der Waals surface area contributed by atoms with Gasteiger partial charge in [-0.15, -0.1) is 0 Å². The van der Waals surface area contributed by atoms with Gasteiger partial charge in [0, 0.05) is 31.9 Å². The number of nitrogens with zero attached hydrogens (tertiary/aromatic N) is 3. The lowest BCUT2D eigenvalue weighted by Gasteiger charge is -2.36. The molecule has 5 nitrogen and oxygen atoms in total. The third-order valence-corrected chi connectivity index (χ3v) is 4.03. The Morgan fingerprint density at radius 3 is 2.67 bits per heavy atom. The molecule has 1 aliphatic rings. The predicted molar refractivity (Wildman–Crippen MR) is 87.0 cm³/mol. The molecule has 0 fully saturated rings. The first-order valence-electron chi connectivity index (χ1n) is 6.66. The molecule has 3 N–H and O–H groups in total. The molecular weight excluding hydrogens is 286 g/mol. The molecule has 0 saturated carbocycles. The van der Waals surface area contributed by atoms with Crippen LogP contribution >= 0.6 is 11.6 Å². The number of nitrogen functional groups attached to an aromatic ring is 1. The van der Waals surface area contributed by atoms with Crippen LogP contribution in [-0.4, -0.2) is 31.0 Å². The van der Waals surface area contributed by atoms with Crippen LogP contribution in [0.2, 0.25) is 5.02 Å². The van der Waals surface area contributed by atoms with Crippen LogP contribution in [0.1, 0.15) is 5.56 Å². The van der Waals surface area contributed by atoms with Gasteiger partial charge in [0.05, 0.1) is 16.4 Å². The van der Waals surface area contributed by atoms with Crippen LogP contribution in [-0.2, 0) is 0 Å². The minimum atomic E-state index is -0.0499. The molecule has 2 aromatic rings. The quantitative estimate of drug-likeness (QED) is 0.661. The number of benzene rings is 1. The molecule has 0 aliphatic carbocycles.